The molecule has 0 unspecified atom stereocenters. The molecule has 1 fully saturated rings. The van der Waals surface area contributed by atoms with Crippen LogP contribution in [0, 0.1) is 22.7 Å². The first kappa shape index (κ1) is 20.0. The maximum Gasteiger partial charge on any atom is 0.251 e. The molecule has 8 heteroatoms. The minimum Gasteiger partial charge on any atom is -0.382 e. The molecular formula is C23H21N7O. The molecule has 0 spiro atoms. The summed E-state index contributed by atoms with van der Waals surface area (Å²) in [4.78, 5) is 14.9. The molecule has 1 aliphatic rings. The van der Waals surface area contributed by atoms with Gasteiger partial charge in [0.2, 0.25) is 0 Å². The van der Waals surface area contributed by atoms with Crippen molar-refractivity contribution in [1.82, 2.24) is 15.1 Å². The van der Waals surface area contributed by atoms with E-state index in [1.807, 2.05) is 30.3 Å². The summed E-state index contributed by atoms with van der Waals surface area (Å²) in [5.41, 5.74) is 9.22. The highest BCUT2D eigenvalue weighted by atomic mass is 16.1. The van der Waals surface area contributed by atoms with E-state index in [-0.39, 0.29) is 17.8 Å². The van der Waals surface area contributed by atoms with Crippen molar-refractivity contribution in [3.05, 3.63) is 71.4 Å². The van der Waals surface area contributed by atoms with E-state index in [1.165, 1.54) is 10.9 Å². The fourth-order valence-electron chi connectivity index (χ4n) is 3.70. The van der Waals surface area contributed by atoms with Crippen molar-refractivity contribution in [3.63, 3.8) is 0 Å². The summed E-state index contributed by atoms with van der Waals surface area (Å²) in [6, 6.07) is 18.8. The van der Waals surface area contributed by atoms with E-state index in [2.05, 4.69) is 21.4 Å². The number of nitrogen functional groups attached to an aromatic ring is 1. The number of carbonyl (C=O) groups excluding carboxylic acids is 1. The topological polar surface area (TPSA) is 124 Å². The van der Waals surface area contributed by atoms with Crippen LogP contribution >= 0.6 is 0 Å². The molecule has 2 heterocycles. The zero-order valence-electron chi connectivity index (χ0n) is 16.8. The van der Waals surface area contributed by atoms with Gasteiger partial charge in [-0.05, 0) is 61.4 Å². The second-order valence-electron chi connectivity index (χ2n) is 7.41. The van der Waals surface area contributed by atoms with Crippen LogP contribution < -0.4 is 16.0 Å². The van der Waals surface area contributed by atoms with Crippen LogP contribution in [0.15, 0.2) is 54.7 Å². The zero-order valence-corrected chi connectivity index (χ0v) is 16.8. The Labute approximate surface area is 180 Å². The highest BCUT2D eigenvalue weighted by molar-refractivity contribution is 5.94. The predicted molar refractivity (Wildman–Crippen MR) is 117 cm³/mol. The number of hydrogen-bond donors (Lipinski definition) is 2. The molecular weight excluding hydrogens is 390 g/mol. The largest absolute Gasteiger partial charge is 0.382 e. The molecule has 2 aromatic carbocycles. The molecule has 1 amide bonds. The number of rotatable bonds is 4. The van der Waals surface area contributed by atoms with Crippen LogP contribution in [-0.2, 0) is 0 Å². The third-order valence-corrected chi connectivity index (χ3v) is 5.49. The van der Waals surface area contributed by atoms with E-state index in [9.17, 15) is 4.79 Å². The summed E-state index contributed by atoms with van der Waals surface area (Å²) in [5.74, 6) is 0.156. The van der Waals surface area contributed by atoms with Crippen molar-refractivity contribution < 1.29 is 4.79 Å². The van der Waals surface area contributed by atoms with Gasteiger partial charge in [-0.2, -0.15) is 15.6 Å². The minimum atomic E-state index is -0.116. The number of benzene rings is 2. The summed E-state index contributed by atoms with van der Waals surface area (Å²) >= 11 is 0. The monoisotopic (exact) mass is 411 g/mol. The molecule has 1 saturated heterocycles. The number of piperidine rings is 1. The van der Waals surface area contributed by atoms with Gasteiger partial charge >= 0.3 is 0 Å². The number of carbonyl (C=O) groups is 1. The van der Waals surface area contributed by atoms with Gasteiger partial charge in [-0.25, -0.2) is 4.68 Å². The number of anilines is 2. The van der Waals surface area contributed by atoms with E-state index >= 15 is 0 Å². The third kappa shape index (κ3) is 4.19. The quantitative estimate of drug-likeness (QED) is 0.680. The fourth-order valence-corrected chi connectivity index (χ4v) is 3.70. The van der Waals surface area contributed by atoms with Crippen LogP contribution in [0.2, 0.25) is 0 Å². The Balaban J connectivity index is 1.34. The Bertz CT molecular complexity index is 1160. The molecule has 0 atom stereocenters. The van der Waals surface area contributed by atoms with Crippen LogP contribution in [0.4, 0.5) is 11.5 Å². The van der Waals surface area contributed by atoms with Crippen molar-refractivity contribution in [2.75, 3.05) is 23.7 Å². The van der Waals surface area contributed by atoms with Crippen molar-refractivity contribution in [2.24, 2.45) is 0 Å². The van der Waals surface area contributed by atoms with Gasteiger partial charge in [0.05, 0.1) is 23.5 Å². The third-order valence-electron chi connectivity index (χ3n) is 5.49. The molecule has 3 aromatic rings. The average Bonchev–Trinajstić information content (AvgIpc) is 3.20. The molecule has 0 aliphatic carbocycles. The first-order valence-electron chi connectivity index (χ1n) is 9.99. The van der Waals surface area contributed by atoms with Crippen molar-refractivity contribution in [1.29, 1.82) is 10.5 Å². The lowest BCUT2D eigenvalue weighted by atomic mass is 10.0. The molecule has 154 valence electrons. The van der Waals surface area contributed by atoms with Crippen LogP contribution in [0.25, 0.3) is 5.69 Å². The van der Waals surface area contributed by atoms with Gasteiger partial charge in [-0.3, -0.25) is 4.79 Å². The van der Waals surface area contributed by atoms with E-state index in [4.69, 9.17) is 16.3 Å². The normalized spacial score (nSPS) is 13.9. The van der Waals surface area contributed by atoms with Crippen LogP contribution in [0.5, 0.6) is 0 Å². The molecule has 0 radical (unpaired) electrons. The highest BCUT2D eigenvalue weighted by Gasteiger charge is 2.21. The second kappa shape index (κ2) is 8.60. The standard InChI is InChI=1S/C23H21N7O/c24-13-16-1-5-20(6-2-16)29-11-9-19(10-12-29)28-23(31)17-3-7-21(8-4-17)30-22(26)18(14-25)15-27-30/h1-8,15,19H,9-12,26H2,(H,28,31). The predicted octanol–water partition coefficient (Wildman–Crippen LogP) is 2.60. The first-order valence-corrected chi connectivity index (χ1v) is 9.99. The van der Waals surface area contributed by atoms with Crippen LogP contribution in [0.1, 0.15) is 34.3 Å². The Hall–Kier alpha value is -4.30. The highest BCUT2D eigenvalue weighted by Crippen LogP contribution is 2.21. The van der Waals surface area contributed by atoms with Crippen molar-refractivity contribution in [3.8, 4) is 17.8 Å². The molecule has 1 aromatic heterocycles. The first-order chi connectivity index (χ1) is 15.1. The summed E-state index contributed by atoms with van der Waals surface area (Å²) in [6.07, 6.45) is 3.12. The van der Waals surface area contributed by atoms with Gasteiger partial charge in [-0.15, -0.1) is 0 Å². The van der Waals surface area contributed by atoms with E-state index in [1.54, 1.807) is 24.3 Å². The van der Waals surface area contributed by atoms with Crippen LogP contribution in [-0.4, -0.2) is 34.8 Å². The number of nitrogens with one attached hydrogen (secondary N) is 1. The fraction of sp³-hybridized carbons (Fsp3) is 0.217. The second-order valence-corrected chi connectivity index (χ2v) is 7.41. The molecule has 8 nitrogen and oxygen atoms in total. The molecule has 31 heavy (non-hydrogen) atoms. The van der Waals surface area contributed by atoms with Crippen molar-refractivity contribution in [2.45, 2.75) is 18.9 Å². The van der Waals surface area contributed by atoms with Gasteiger partial charge in [0, 0.05) is 30.4 Å². The smallest absolute Gasteiger partial charge is 0.251 e. The maximum absolute atomic E-state index is 12.7. The lowest BCUT2D eigenvalue weighted by Gasteiger charge is -2.34. The number of aromatic nitrogens is 2. The van der Waals surface area contributed by atoms with E-state index < -0.39 is 0 Å². The summed E-state index contributed by atoms with van der Waals surface area (Å²) in [7, 11) is 0. The lowest BCUT2D eigenvalue weighted by molar-refractivity contribution is 0.0931. The SMILES string of the molecule is N#Cc1ccc(N2CCC(NC(=O)c3ccc(-n4ncc(C#N)c4N)cc3)CC2)cc1. The Morgan fingerprint density at radius 3 is 2.23 bits per heavy atom. The molecule has 4 rings (SSSR count). The van der Waals surface area contributed by atoms with Gasteiger partial charge < -0.3 is 16.0 Å². The zero-order chi connectivity index (χ0) is 21.8. The Morgan fingerprint density at radius 2 is 1.65 bits per heavy atom. The molecule has 3 N–H and O–H groups in total. The molecule has 0 saturated carbocycles. The van der Waals surface area contributed by atoms with Crippen molar-refractivity contribution >= 4 is 17.4 Å². The minimum absolute atomic E-state index is 0.113. The maximum atomic E-state index is 12.7. The summed E-state index contributed by atoms with van der Waals surface area (Å²) < 4.78 is 1.47. The van der Waals surface area contributed by atoms with E-state index in [0.29, 0.717) is 22.4 Å². The number of nitrogens with zero attached hydrogens (tertiary/aromatic N) is 5. The number of amides is 1. The number of hydrogen-bond acceptors (Lipinski definition) is 6. The lowest BCUT2D eigenvalue weighted by Crippen LogP contribution is -2.44. The molecule has 0 bridgehead atoms. The number of nitrogens with two attached hydrogens (primary N) is 1. The Kier molecular flexibility index (Phi) is 5.55. The van der Waals surface area contributed by atoms with Gasteiger partial charge in [0.25, 0.3) is 5.91 Å². The van der Waals surface area contributed by atoms with Gasteiger partial charge in [0.1, 0.15) is 17.5 Å². The number of nitriles is 2. The summed E-state index contributed by atoms with van der Waals surface area (Å²) in [5, 5.41) is 25.2. The van der Waals surface area contributed by atoms with Crippen LogP contribution in [0.3, 0.4) is 0 Å². The summed E-state index contributed by atoms with van der Waals surface area (Å²) in [6.45, 7) is 1.69. The van der Waals surface area contributed by atoms with Gasteiger partial charge in [-0.1, -0.05) is 0 Å². The molecule has 1 aliphatic heterocycles. The Morgan fingerprint density at radius 1 is 1.00 bits per heavy atom. The average molecular weight is 411 g/mol. The van der Waals surface area contributed by atoms with Gasteiger partial charge in [0.15, 0.2) is 0 Å². The van der Waals surface area contributed by atoms with E-state index in [0.717, 1.165) is 31.6 Å².